The molecule has 0 bridgehead atoms. The molecule has 0 rings (SSSR count). The van der Waals surface area contributed by atoms with E-state index in [1.807, 2.05) is 6.92 Å². The fourth-order valence-electron chi connectivity index (χ4n) is 1.42. The molecule has 0 aromatic carbocycles. The molecule has 2 atom stereocenters. The summed E-state index contributed by atoms with van der Waals surface area (Å²) in [6.07, 6.45) is 7.11. The van der Waals surface area contributed by atoms with Gasteiger partial charge in [-0.2, -0.15) is 0 Å². The van der Waals surface area contributed by atoms with E-state index in [0.29, 0.717) is 6.54 Å². The molecule has 0 saturated heterocycles. The van der Waals surface area contributed by atoms with Gasteiger partial charge in [0, 0.05) is 21.8 Å². The van der Waals surface area contributed by atoms with Crippen molar-refractivity contribution in [1.29, 1.82) is 0 Å². The van der Waals surface area contributed by atoms with Gasteiger partial charge in [0.25, 0.3) is 0 Å². The molecule has 0 aliphatic carbocycles. The van der Waals surface area contributed by atoms with Crippen molar-refractivity contribution in [3.8, 4) is 0 Å². The van der Waals surface area contributed by atoms with E-state index >= 15 is 0 Å². The average Bonchev–Trinajstić information content (AvgIpc) is 2.17. The van der Waals surface area contributed by atoms with E-state index in [0.717, 1.165) is 18.6 Å². The van der Waals surface area contributed by atoms with Crippen LogP contribution in [0.15, 0.2) is 0 Å². The number of nitrogens with two attached hydrogens (primary N) is 1. The van der Waals surface area contributed by atoms with Crippen molar-refractivity contribution in [2.24, 2.45) is 5.73 Å². The van der Waals surface area contributed by atoms with E-state index in [1.54, 1.807) is 0 Å². The second kappa shape index (κ2) is 9.66. The molecule has 86 valence electrons. The van der Waals surface area contributed by atoms with Crippen LogP contribution >= 0.6 is 0 Å². The SMILES string of the molecule is CCCCCCCS(=O)C(C)CCN. The topological polar surface area (TPSA) is 43.1 Å². The highest BCUT2D eigenvalue weighted by Gasteiger charge is 2.08. The van der Waals surface area contributed by atoms with Crippen LogP contribution < -0.4 is 5.73 Å². The highest BCUT2D eigenvalue weighted by Crippen LogP contribution is 2.07. The van der Waals surface area contributed by atoms with Crippen molar-refractivity contribution in [3.05, 3.63) is 0 Å². The van der Waals surface area contributed by atoms with Gasteiger partial charge in [0.2, 0.25) is 0 Å². The summed E-state index contributed by atoms with van der Waals surface area (Å²) >= 11 is 0. The summed E-state index contributed by atoms with van der Waals surface area (Å²) in [5.74, 6) is 0.866. The molecule has 14 heavy (non-hydrogen) atoms. The highest BCUT2D eigenvalue weighted by atomic mass is 32.2. The Hall–Kier alpha value is 0.110. The number of hydrogen-bond donors (Lipinski definition) is 1. The highest BCUT2D eigenvalue weighted by molar-refractivity contribution is 7.85. The molecule has 2 unspecified atom stereocenters. The molecular weight excluding hydrogens is 194 g/mol. The Kier molecular flexibility index (Phi) is 9.73. The van der Waals surface area contributed by atoms with Gasteiger partial charge in [-0.1, -0.05) is 39.5 Å². The minimum absolute atomic E-state index is 0.283. The summed E-state index contributed by atoms with van der Waals surface area (Å²) in [4.78, 5) is 0. The average molecular weight is 219 g/mol. The van der Waals surface area contributed by atoms with Gasteiger partial charge in [0.15, 0.2) is 0 Å². The zero-order valence-corrected chi connectivity index (χ0v) is 10.4. The van der Waals surface area contributed by atoms with Gasteiger partial charge in [-0.3, -0.25) is 4.21 Å². The lowest BCUT2D eigenvalue weighted by atomic mass is 10.2. The Morgan fingerprint density at radius 1 is 1.21 bits per heavy atom. The zero-order chi connectivity index (χ0) is 10.8. The second-order valence-electron chi connectivity index (χ2n) is 3.89. The van der Waals surface area contributed by atoms with Crippen molar-refractivity contribution in [3.63, 3.8) is 0 Å². The summed E-state index contributed by atoms with van der Waals surface area (Å²) < 4.78 is 11.6. The molecule has 0 fully saturated rings. The zero-order valence-electron chi connectivity index (χ0n) is 9.63. The fourth-order valence-corrected chi connectivity index (χ4v) is 2.71. The lowest BCUT2D eigenvalue weighted by molar-refractivity contribution is 0.640. The molecule has 0 aromatic heterocycles. The lowest BCUT2D eigenvalue weighted by Gasteiger charge is -2.09. The summed E-state index contributed by atoms with van der Waals surface area (Å²) in [7, 11) is -0.650. The largest absolute Gasteiger partial charge is 0.330 e. The first-order valence-electron chi connectivity index (χ1n) is 5.79. The van der Waals surface area contributed by atoms with E-state index in [-0.39, 0.29) is 5.25 Å². The molecule has 3 heteroatoms. The lowest BCUT2D eigenvalue weighted by Crippen LogP contribution is -2.18. The van der Waals surface area contributed by atoms with Crippen LogP contribution in [-0.4, -0.2) is 21.8 Å². The van der Waals surface area contributed by atoms with Gasteiger partial charge in [-0.25, -0.2) is 0 Å². The van der Waals surface area contributed by atoms with Crippen molar-refractivity contribution in [1.82, 2.24) is 0 Å². The quantitative estimate of drug-likeness (QED) is 0.605. The van der Waals surface area contributed by atoms with Crippen LogP contribution in [0.3, 0.4) is 0 Å². The van der Waals surface area contributed by atoms with Crippen LogP contribution in [0, 0.1) is 0 Å². The van der Waals surface area contributed by atoms with E-state index in [1.165, 1.54) is 25.7 Å². The van der Waals surface area contributed by atoms with Gasteiger partial charge >= 0.3 is 0 Å². The summed E-state index contributed by atoms with van der Waals surface area (Å²) in [5.41, 5.74) is 5.43. The Labute approximate surface area is 91.1 Å². The standard InChI is InChI=1S/C11H25NOS/c1-3-4-5-6-7-10-14(13)11(2)8-9-12/h11H,3-10,12H2,1-2H3. The number of hydrogen-bond acceptors (Lipinski definition) is 2. The van der Waals surface area contributed by atoms with Gasteiger partial charge in [0.05, 0.1) is 0 Å². The van der Waals surface area contributed by atoms with Gasteiger partial charge in [-0.15, -0.1) is 0 Å². The fraction of sp³-hybridized carbons (Fsp3) is 1.00. The van der Waals surface area contributed by atoms with Crippen molar-refractivity contribution >= 4 is 10.8 Å². The number of unbranched alkanes of at least 4 members (excludes halogenated alkanes) is 4. The predicted octanol–water partition coefficient (Wildman–Crippen LogP) is 2.44. The first-order valence-corrected chi connectivity index (χ1v) is 7.17. The third-order valence-electron chi connectivity index (χ3n) is 2.47. The molecule has 0 aliphatic heterocycles. The molecule has 2 N–H and O–H groups in total. The van der Waals surface area contributed by atoms with Gasteiger partial charge in [0.1, 0.15) is 0 Å². The summed E-state index contributed by atoms with van der Waals surface area (Å²) in [5, 5.41) is 0.283. The van der Waals surface area contributed by atoms with Crippen LogP contribution in [-0.2, 0) is 10.8 Å². The monoisotopic (exact) mass is 219 g/mol. The van der Waals surface area contributed by atoms with Crippen LogP contribution in [0.2, 0.25) is 0 Å². The smallest absolute Gasteiger partial charge is 0.0331 e. The maximum atomic E-state index is 11.6. The molecule has 0 aliphatic rings. The van der Waals surface area contributed by atoms with Crippen molar-refractivity contribution in [2.75, 3.05) is 12.3 Å². The Morgan fingerprint density at radius 2 is 1.86 bits per heavy atom. The molecular formula is C11H25NOS. The van der Waals surface area contributed by atoms with Crippen LogP contribution in [0.1, 0.15) is 52.4 Å². The van der Waals surface area contributed by atoms with E-state index in [9.17, 15) is 4.21 Å². The Balaban J connectivity index is 3.34. The van der Waals surface area contributed by atoms with E-state index < -0.39 is 10.8 Å². The molecule has 0 radical (unpaired) electrons. The maximum Gasteiger partial charge on any atom is 0.0331 e. The van der Waals surface area contributed by atoms with Gasteiger partial charge < -0.3 is 5.73 Å². The van der Waals surface area contributed by atoms with Crippen molar-refractivity contribution < 1.29 is 4.21 Å². The Morgan fingerprint density at radius 3 is 2.43 bits per heavy atom. The molecule has 0 heterocycles. The predicted molar refractivity (Wildman–Crippen MR) is 64.9 cm³/mol. The molecule has 2 nitrogen and oxygen atoms in total. The molecule has 0 saturated carbocycles. The third-order valence-corrected chi connectivity index (χ3v) is 4.30. The van der Waals surface area contributed by atoms with Crippen LogP contribution in [0.5, 0.6) is 0 Å². The van der Waals surface area contributed by atoms with Gasteiger partial charge in [-0.05, 0) is 19.4 Å². The van der Waals surface area contributed by atoms with Crippen LogP contribution in [0.4, 0.5) is 0 Å². The molecule has 0 amide bonds. The number of rotatable bonds is 9. The minimum Gasteiger partial charge on any atom is -0.330 e. The first-order chi connectivity index (χ1) is 6.72. The third kappa shape index (κ3) is 7.51. The summed E-state index contributed by atoms with van der Waals surface area (Å²) in [6.45, 7) is 4.90. The molecule has 0 aromatic rings. The van der Waals surface area contributed by atoms with E-state index in [4.69, 9.17) is 5.73 Å². The maximum absolute atomic E-state index is 11.6. The van der Waals surface area contributed by atoms with E-state index in [2.05, 4.69) is 6.92 Å². The van der Waals surface area contributed by atoms with Crippen LogP contribution in [0.25, 0.3) is 0 Å². The summed E-state index contributed by atoms with van der Waals surface area (Å²) in [6, 6.07) is 0. The molecule has 0 spiro atoms. The second-order valence-corrected chi connectivity index (χ2v) is 5.86. The first kappa shape index (κ1) is 14.1. The minimum atomic E-state index is -0.650. The normalized spacial score (nSPS) is 15.4. The Bertz CT molecular complexity index is 150. The van der Waals surface area contributed by atoms with Crippen molar-refractivity contribution in [2.45, 2.75) is 57.6 Å².